The lowest BCUT2D eigenvalue weighted by Gasteiger charge is -2.15. The summed E-state index contributed by atoms with van der Waals surface area (Å²) in [6.45, 7) is 0.142. The van der Waals surface area contributed by atoms with Crippen molar-refractivity contribution in [2.24, 2.45) is 5.73 Å². The molecule has 98 valence electrons. The number of carboxylic acid groups (broad SMARTS) is 1. The topological polar surface area (TPSA) is 116 Å². The number of benzene rings is 1. The SMILES string of the molecule is NCCC(Oc1cccc([N+](=O)[O-])c1Br)C(=O)O. The largest absolute Gasteiger partial charge is 0.479 e. The highest BCUT2D eigenvalue weighted by Gasteiger charge is 2.22. The molecule has 1 aromatic carbocycles. The Bertz CT molecular complexity index is 466. The summed E-state index contributed by atoms with van der Waals surface area (Å²) in [5, 5.41) is 19.6. The van der Waals surface area contributed by atoms with Crippen LogP contribution in [0.2, 0.25) is 0 Å². The zero-order valence-corrected chi connectivity index (χ0v) is 10.8. The van der Waals surface area contributed by atoms with E-state index in [-0.39, 0.29) is 28.9 Å². The Labute approximate surface area is 111 Å². The molecule has 0 heterocycles. The third kappa shape index (κ3) is 3.41. The number of nitro groups is 1. The minimum atomic E-state index is -1.17. The molecule has 3 N–H and O–H groups in total. The van der Waals surface area contributed by atoms with Gasteiger partial charge in [0.05, 0.1) is 4.92 Å². The molecule has 0 spiro atoms. The van der Waals surface area contributed by atoms with Crippen LogP contribution in [-0.4, -0.2) is 28.6 Å². The highest BCUT2D eigenvalue weighted by Crippen LogP contribution is 2.34. The molecule has 0 aliphatic heterocycles. The Morgan fingerprint density at radius 1 is 1.61 bits per heavy atom. The van der Waals surface area contributed by atoms with Crippen LogP contribution in [0.4, 0.5) is 5.69 Å². The number of ether oxygens (including phenoxy) is 1. The van der Waals surface area contributed by atoms with E-state index < -0.39 is 17.0 Å². The number of nitrogens with two attached hydrogens (primary N) is 1. The number of hydrogen-bond acceptors (Lipinski definition) is 5. The first-order valence-electron chi connectivity index (χ1n) is 4.99. The predicted molar refractivity (Wildman–Crippen MR) is 66.5 cm³/mol. The summed E-state index contributed by atoms with van der Waals surface area (Å²) in [4.78, 5) is 21.0. The average molecular weight is 319 g/mol. The zero-order valence-electron chi connectivity index (χ0n) is 9.21. The number of nitro benzene ring substituents is 1. The molecule has 0 aromatic heterocycles. The van der Waals surface area contributed by atoms with Gasteiger partial charge >= 0.3 is 5.97 Å². The second-order valence-corrected chi connectivity index (χ2v) is 4.16. The van der Waals surface area contributed by atoms with Crippen molar-refractivity contribution in [2.45, 2.75) is 12.5 Å². The first-order chi connectivity index (χ1) is 8.47. The molecule has 0 bridgehead atoms. The quantitative estimate of drug-likeness (QED) is 0.607. The van der Waals surface area contributed by atoms with Crippen molar-refractivity contribution in [2.75, 3.05) is 6.54 Å². The van der Waals surface area contributed by atoms with Crippen molar-refractivity contribution < 1.29 is 19.6 Å². The van der Waals surface area contributed by atoms with E-state index in [1.165, 1.54) is 18.2 Å². The van der Waals surface area contributed by atoms with E-state index in [2.05, 4.69) is 15.9 Å². The van der Waals surface area contributed by atoms with Gasteiger partial charge in [0.1, 0.15) is 10.2 Å². The second-order valence-electron chi connectivity index (χ2n) is 3.37. The molecule has 7 nitrogen and oxygen atoms in total. The fourth-order valence-corrected chi connectivity index (χ4v) is 1.77. The van der Waals surface area contributed by atoms with Crippen molar-refractivity contribution in [3.8, 4) is 5.75 Å². The van der Waals surface area contributed by atoms with Crippen molar-refractivity contribution in [1.82, 2.24) is 0 Å². The number of carboxylic acids is 1. The summed E-state index contributed by atoms with van der Waals surface area (Å²) < 4.78 is 5.32. The summed E-state index contributed by atoms with van der Waals surface area (Å²) in [6.07, 6.45) is -1.02. The number of carbonyl (C=O) groups is 1. The van der Waals surface area contributed by atoms with Gasteiger partial charge in [-0.2, -0.15) is 0 Å². The summed E-state index contributed by atoms with van der Waals surface area (Å²) in [7, 11) is 0. The third-order valence-electron chi connectivity index (χ3n) is 2.11. The van der Waals surface area contributed by atoms with E-state index >= 15 is 0 Å². The summed E-state index contributed by atoms with van der Waals surface area (Å²) in [5.41, 5.74) is 5.08. The van der Waals surface area contributed by atoms with Gasteiger partial charge in [-0.05, 0) is 28.5 Å². The molecule has 0 aliphatic carbocycles. The molecule has 8 heteroatoms. The first-order valence-corrected chi connectivity index (χ1v) is 5.79. The molecule has 0 amide bonds. The summed E-state index contributed by atoms with van der Waals surface area (Å²) in [6, 6.07) is 4.15. The summed E-state index contributed by atoms with van der Waals surface area (Å²) in [5.74, 6) is -1.07. The normalized spacial score (nSPS) is 11.9. The summed E-state index contributed by atoms with van der Waals surface area (Å²) >= 11 is 3.02. The molecule has 0 fully saturated rings. The lowest BCUT2D eigenvalue weighted by atomic mass is 10.2. The van der Waals surface area contributed by atoms with Gasteiger partial charge < -0.3 is 15.6 Å². The molecule has 0 radical (unpaired) electrons. The molecule has 1 unspecified atom stereocenters. The maximum absolute atomic E-state index is 10.9. The van der Waals surface area contributed by atoms with Crippen molar-refractivity contribution >= 4 is 27.6 Å². The monoisotopic (exact) mass is 318 g/mol. The van der Waals surface area contributed by atoms with E-state index in [4.69, 9.17) is 15.6 Å². The molecule has 1 rings (SSSR count). The van der Waals surface area contributed by atoms with Crippen LogP contribution < -0.4 is 10.5 Å². The van der Waals surface area contributed by atoms with Gasteiger partial charge in [0.25, 0.3) is 5.69 Å². The van der Waals surface area contributed by atoms with Gasteiger partial charge in [-0.15, -0.1) is 0 Å². The molecule has 0 saturated heterocycles. The van der Waals surface area contributed by atoms with E-state index in [9.17, 15) is 14.9 Å². The van der Waals surface area contributed by atoms with E-state index in [0.717, 1.165) is 0 Å². The number of aliphatic carboxylic acids is 1. The van der Waals surface area contributed by atoms with Crippen molar-refractivity contribution in [3.63, 3.8) is 0 Å². The van der Waals surface area contributed by atoms with Gasteiger partial charge in [-0.25, -0.2) is 4.79 Å². The highest BCUT2D eigenvalue weighted by atomic mass is 79.9. The molecular formula is C10H11BrN2O5. The minimum absolute atomic E-state index is 0.102. The van der Waals surface area contributed by atoms with Crippen LogP contribution in [0.15, 0.2) is 22.7 Å². The number of halogens is 1. The Hall–Kier alpha value is -1.67. The fraction of sp³-hybridized carbons (Fsp3) is 0.300. The zero-order chi connectivity index (χ0) is 13.7. The van der Waals surface area contributed by atoms with Gasteiger partial charge in [-0.1, -0.05) is 6.07 Å². The minimum Gasteiger partial charge on any atom is -0.479 e. The molecule has 0 saturated carbocycles. The Balaban J connectivity index is 2.99. The average Bonchev–Trinajstić information content (AvgIpc) is 2.30. The third-order valence-corrected chi connectivity index (χ3v) is 2.91. The first kappa shape index (κ1) is 14.4. The van der Waals surface area contributed by atoms with Crippen LogP contribution in [0.3, 0.4) is 0 Å². The molecular weight excluding hydrogens is 308 g/mol. The molecule has 1 atom stereocenters. The number of rotatable bonds is 6. The lowest BCUT2D eigenvalue weighted by Crippen LogP contribution is -2.29. The highest BCUT2D eigenvalue weighted by molar-refractivity contribution is 9.10. The van der Waals surface area contributed by atoms with Crippen LogP contribution in [0.1, 0.15) is 6.42 Å². The van der Waals surface area contributed by atoms with Crippen LogP contribution in [0, 0.1) is 10.1 Å². The molecule has 1 aromatic rings. The Kier molecular flexibility index (Phi) is 5.05. The smallest absolute Gasteiger partial charge is 0.344 e. The van der Waals surface area contributed by atoms with Crippen LogP contribution in [-0.2, 0) is 4.79 Å². The van der Waals surface area contributed by atoms with Gasteiger partial charge in [0.2, 0.25) is 0 Å². The lowest BCUT2D eigenvalue weighted by molar-refractivity contribution is -0.385. The maximum Gasteiger partial charge on any atom is 0.344 e. The fourth-order valence-electron chi connectivity index (χ4n) is 1.27. The van der Waals surface area contributed by atoms with Crippen LogP contribution in [0.5, 0.6) is 5.75 Å². The van der Waals surface area contributed by atoms with E-state index in [0.29, 0.717) is 0 Å². The number of nitrogens with zero attached hydrogens (tertiary/aromatic N) is 1. The van der Waals surface area contributed by atoms with E-state index in [1.807, 2.05) is 0 Å². The van der Waals surface area contributed by atoms with Gasteiger partial charge in [0.15, 0.2) is 6.10 Å². The van der Waals surface area contributed by atoms with Crippen LogP contribution in [0.25, 0.3) is 0 Å². The van der Waals surface area contributed by atoms with Crippen molar-refractivity contribution in [3.05, 3.63) is 32.8 Å². The maximum atomic E-state index is 10.9. The van der Waals surface area contributed by atoms with Crippen LogP contribution >= 0.6 is 15.9 Å². The Morgan fingerprint density at radius 2 is 2.28 bits per heavy atom. The van der Waals surface area contributed by atoms with Crippen molar-refractivity contribution in [1.29, 1.82) is 0 Å². The Morgan fingerprint density at radius 3 is 2.78 bits per heavy atom. The standard InChI is InChI=1S/C10H11BrN2O5/c11-9-6(13(16)17)2-1-3-7(9)18-8(4-5-12)10(14)15/h1-3,8H,4-5,12H2,(H,14,15). The van der Waals surface area contributed by atoms with E-state index in [1.54, 1.807) is 0 Å². The predicted octanol–water partition coefficient (Wildman–Crippen LogP) is 1.54. The van der Waals surface area contributed by atoms with Gasteiger partial charge in [-0.3, -0.25) is 10.1 Å². The molecule has 18 heavy (non-hydrogen) atoms. The molecule has 0 aliphatic rings. The second kappa shape index (κ2) is 6.31. The van der Waals surface area contributed by atoms with Gasteiger partial charge in [0, 0.05) is 12.5 Å². The number of hydrogen-bond donors (Lipinski definition) is 2.